The topological polar surface area (TPSA) is 25.4 Å². The first kappa shape index (κ1) is 14.5. The largest absolute Gasteiger partial charge is 0.371 e. The summed E-state index contributed by atoms with van der Waals surface area (Å²) >= 11 is 5.95. The highest BCUT2D eigenvalue weighted by Gasteiger charge is 2.22. The van der Waals surface area contributed by atoms with Gasteiger partial charge in [-0.15, -0.1) is 0 Å². The van der Waals surface area contributed by atoms with Gasteiger partial charge in [0.2, 0.25) is 0 Å². The number of halogens is 1. The van der Waals surface area contributed by atoms with E-state index in [1.807, 2.05) is 36.7 Å². The second-order valence-electron chi connectivity index (χ2n) is 5.45. The summed E-state index contributed by atoms with van der Waals surface area (Å²) in [6, 6.07) is 10.0. The van der Waals surface area contributed by atoms with Crippen LogP contribution in [0.1, 0.15) is 22.8 Å². The normalized spacial score (nSPS) is 19.6. The average Bonchev–Trinajstić information content (AvgIpc) is 2.51. The Morgan fingerprint density at radius 2 is 2.10 bits per heavy atom. The lowest BCUT2D eigenvalue weighted by atomic mass is 10.1. The monoisotopic (exact) mass is 302 g/mol. The molecule has 3 rings (SSSR count). The van der Waals surface area contributed by atoms with Gasteiger partial charge in [0.25, 0.3) is 0 Å². The van der Waals surface area contributed by atoms with Gasteiger partial charge < -0.3 is 4.74 Å². The fraction of sp³-hybridized carbons (Fsp3) is 0.353. The predicted molar refractivity (Wildman–Crippen MR) is 84.4 cm³/mol. The molecule has 0 aliphatic carbocycles. The van der Waals surface area contributed by atoms with Gasteiger partial charge in [0, 0.05) is 37.1 Å². The minimum atomic E-state index is 0.123. The van der Waals surface area contributed by atoms with Gasteiger partial charge in [-0.1, -0.05) is 23.7 Å². The van der Waals surface area contributed by atoms with E-state index >= 15 is 0 Å². The molecule has 3 nitrogen and oxygen atoms in total. The van der Waals surface area contributed by atoms with Gasteiger partial charge in [0.05, 0.1) is 12.7 Å². The van der Waals surface area contributed by atoms with Crippen molar-refractivity contribution in [2.45, 2.75) is 19.6 Å². The van der Waals surface area contributed by atoms with Crippen molar-refractivity contribution < 1.29 is 4.74 Å². The number of ether oxygens (including phenoxy) is 1. The lowest BCUT2D eigenvalue weighted by Crippen LogP contribution is -2.37. The number of hydrogen-bond donors (Lipinski definition) is 0. The zero-order chi connectivity index (χ0) is 14.7. The summed E-state index contributed by atoms with van der Waals surface area (Å²) in [6.07, 6.45) is 3.91. The summed E-state index contributed by atoms with van der Waals surface area (Å²) in [7, 11) is 0. The number of aromatic nitrogens is 1. The van der Waals surface area contributed by atoms with E-state index in [-0.39, 0.29) is 6.10 Å². The number of aryl methyl sites for hydroxylation is 1. The van der Waals surface area contributed by atoms with Crippen molar-refractivity contribution in [3.05, 3.63) is 64.4 Å². The second-order valence-corrected chi connectivity index (χ2v) is 5.88. The summed E-state index contributed by atoms with van der Waals surface area (Å²) in [4.78, 5) is 6.59. The van der Waals surface area contributed by atoms with Gasteiger partial charge >= 0.3 is 0 Å². The number of pyridine rings is 1. The number of rotatable bonds is 3. The van der Waals surface area contributed by atoms with Crippen LogP contribution in [-0.2, 0) is 11.3 Å². The van der Waals surface area contributed by atoms with Crippen LogP contribution in [0.4, 0.5) is 0 Å². The van der Waals surface area contributed by atoms with Crippen LogP contribution in [0.5, 0.6) is 0 Å². The van der Waals surface area contributed by atoms with Gasteiger partial charge in [-0.2, -0.15) is 0 Å². The summed E-state index contributed by atoms with van der Waals surface area (Å²) in [5, 5.41) is 0.763. The van der Waals surface area contributed by atoms with E-state index in [4.69, 9.17) is 16.3 Å². The fourth-order valence-corrected chi connectivity index (χ4v) is 2.77. The van der Waals surface area contributed by atoms with Gasteiger partial charge in [-0.3, -0.25) is 9.88 Å². The third-order valence-corrected chi connectivity index (χ3v) is 4.17. The number of nitrogens with zero attached hydrogens (tertiary/aromatic N) is 2. The molecule has 0 amide bonds. The first-order valence-corrected chi connectivity index (χ1v) is 7.59. The first-order chi connectivity index (χ1) is 10.2. The Kier molecular flexibility index (Phi) is 4.54. The molecule has 0 bridgehead atoms. The van der Waals surface area contributed by atoms with Crippen molar-refractivity contribution in [1.82, 2.24) is 9.88 Å². The van der Waals surface area contributed by atoms with E-state index in [2.05, 4.69) is 22.9 Å². The molecule has 1 aliphatic heterocycles. The van der Waals surface area contributed by atoms with Crippen LogP contribution in [0.2, 0.25) is 5.02 Å². The number of morpholine rings is 1. The Morgan fingerprint density at radius 3 is 2.86 bits per heavy atom. The molecule has 2 aromatic rings. The lowest BCUT2D eigenvalue weighted by Gasteiger charge is -2.33. The minimum absolute atomic E-state index is 0.123. The van der Waals surface area contributed by atoms with Gasteiger partial charge in [-0.05, 0) is 41.8 Å². The van der Waals surface area contributed by atoms with E-state index < -0.39 is 0 Å². The lowest BCUT2D eigenvalue weighted by molar-refractivity contribution is -0.0329. The molecule has 21 heavy (non-hydrogen) atoms. The third kappa shape index (κ3) is 3.62. The summed E-state index contributed by atoms with van der Waals surface area (Å²) in [5.41, 5.74) is 3.77. The Morgan fingerprint density at radius 1 is 1.29 bits per heavy atom. The maximum atomic E-state index is 5.95. The standard InChI is InChI=1S/C17H19ClN2O/c1-13-10-19-7-6-15(13)11-20-8-9-21-17(12-20)14-2-4-16(18)5-3-14/h2-7,10,17H,8-9,11-12H2,1H3/t17-/m1/s1. The Hall–Kier alpha value is -1.42. The molecular weight excluding hydrogens is 284 g/mol. The molecule has 1 aliphatic rings. The summed E-state index contributed by atoms with van der Waals surface area (Å²) in [5.74, 6) is 0. The van der Waals surface area contributed by atoms with Gasteiger partial charge in [-0.25, -0.2) is 0 Å². The second kappa shape index (κ2) is 6.56. The van der Waals surface area contributed by atoms with Crippen LogP contribution in [0, 0.1) is 6.92 Å². The van der Waals surface area contributed by atoms with Crippen LogP contribution < -0.4 is 0 Å². The fourth-order valence-electron chi connectivity index (χ4n) is 2.65. The average molecular weight is 303 g/mol. The highest BCUT2D eigenvalue weighted by atomic mass is 35.5. The van der Waals surface area contributed by atoms with Crippen LogP contribution in [0.15, 0.2) is 42.7 Å². The predicted octanol–water partition coefficient (Wildman–Crippen LogP) is 3.62. The molecule has 110 valence electrons. The molecule has 0 unspecified atom stereocenters. The van der Waals surface area contributed by atoms with Crippen LogP contribution >= 0.6 is 11.6 Å². The molecule has 0 N–H and O–H groups in total. The van der Waals surface area contributed by atoms with Crippen molar-refractivity contribution in [1.29, 1.82) is 0 Å². The summed E-state index contributed by atoms with van der Waals surface area (Å²) < 4.78 is 5.90. The van der Waals surface area contributed by atoms with Crippen LogP contribution in [0.3, 0.4) is 0 Å². The Labute approximate surface area is 130 Å². The smallest absolute Gasteiger partial charge is 0.0952 e. The van der Waals surface area contributed by atoms with E-state index in [1.165, 1.54) is 16.7 Å². The molecule has 1 fully saturated rings. The minimum Gasteiger partial charge on any atom is -0.371 e. The van der Waals surface area contributed by atoms with Crippen molar-refractivity contribution in [2.24, 2.45) is 0 Å². The van der Waals surface area contributed by atoms with Crippen molar-refractivity contribution >= 4 is 11.6 Å². The molecule has 1 aromatic heterocycles. The van der Waals surface area contributed by atoms with Crippen molar-refractivity contribution in [3.8, 4) is 0 Å². The molecule has 0 radical (unpaired) electrons. The van der Waals surface area contributed by atoms with Gasteiger partial charge in [0.1, 0.15) is 0 Å². The molecular formula is C17H19ClN2O. The maximum absolute atomic E-state index is 5.95. The van der Waals surface area contributed by atoms with Crippen LogP contribution in [-0.4, -0.2) is 29.6 Å². The molecule has 1 atom stereocenters. The van der Waals surface area contributed by atoms with E-state index in [0.29, 0.717) is 0 Å². The highest BCUT2D eigenvalue weighted by molar-refractivity contribution is 6.30. The summed E-state index contributed by atoms with van der Waals surface area (Å²) in [6.45, 7) is 5.69. The quantitative estimate of drug-likeness (QED) is 0.866. The Balaban J connectivity index is 1.68. The Bertz CT molecular complexity index is 600. The van der Waals surface area contributed by atoms with Gasteiger partial charge in [0.15, 0.2) is 0 Å². The molecule has 1 aromatic carbocycles. The van der Waals surface area contributed by atoms with Crippen LogP contribution in [0.25, 0.3) is 0 Å². The molecule has 4 heteroatoms. The third-order valence-electron chi connectivity index (χ3n) is 3.92. The molecule has 0 saturated carbocycles. The zero-order valence-electron chi connectivity index (χ0n) is 12.1. The first-order valence-electron chi connectivity index (χ1n) is 7.21. The number of hydrogen-bond acceptors (Lipinski definition) is 3. The van der Waals surface area contributed by atoms with E-state index in [1.54, 1.807) is 0 Å². The number of benzene rings is 1. The zero-order valence-corrected chi connectivity index (χ0v) is 12.9. The molecule has 0 spiro atoms. The van der Waals surface area contributed by atoms with E-state index in [9.17, 15) is 0 Å². The molecule has 2 heterocycles. The maximum Gasteiger partial charge on any atom is 0.0952 e. The SMILES string of the molecule is Cc1cnccc1CN1CCO[C@@H](c2ccc(Cl)cc2)C1. The highest BCUT2D eigenvalue weighted by Crippen LogP contribution is 2.24. The molecule has 1 saturated heterocycles. The van der Waals surface area contributed by atoms with Crippen molar-refractivity contribution in [2.75, 3.05) is 19.7 Å². The van der Waals surface area contributed by atoms with E-state index in [0.717, 1.165) is 31.3 Å². The van der Waals surface area contributed by atoms with Crippen molar-refractivity contribution in [3.63, 3.8) is 0 Å².